The molecule has 3 saturated heterocycles. The molecule has 0 spiro atoms. The molecular formula is C22H40O10. The highest BCUT2D eigenvalue weighted by Gasteiger charge is 2.45. The van der Waals surface area contributed by atoms with Crippen LogP contribution in [0, 0.1) is 0 Å². The maximum atomic E-state index is 10.2. The fourth-order valence-corrected chi connectivity index (χ4v) is 4.77. The van der Waals surface area contributed by atoms with Crippen LogP contribution in [0.25, 0.3) is 0 Å². The SMILES string of the molecule is CO[C@@H]1C[C@H](OC)[C@H](O[C@H]2C[C@H](OC)[C@H](O[C@H]3C[C@@H](OC)[C@H](O)[C@@H](C)O3)[C@@H](C)O2)[C@@H](C)O1. The molecule has 0 aromatic rings. The predicted octanol–water partition coefficient (Wildman–Crippen LogP) is 1.21. The Labute approximate surface area is 190 Å². The van der Waals surface area contributed by atoms with Gasteiger partial charge in [0.2, 0.25) is 0 Å². The number of methoxy groups -OCH3 is 4. The van der Waals surface area contributed by atoms with Gasteiger partial charge >= 0.3 is 0 Å². The lowest BCUT2D eigenvalue weighted by molar-refractivity contribution is -0.335. The Morgan fingerprint density at radius 1 is 0.562 bits per heavy atom. The predicted molar refractivity (Wildman–Crippen MR) is 112 cm³/mol. The molecule has 0 aliphatic carbocycles. The summed E-state index contributed by atoms with van der Waals surface area (Å²) in [6.45, 7) is 5.67. The molecule has 0 unspecified atom stereocenters. The summed E-state index contributed by atoms with van der Waals surface area (Å²) in [7, 11) is 6.50. The average molecular weight is 465 g/mol. The van der Waals surface area contributed by atoms with Crippen LogP contribution in [0.3, 0.4) is 0 Å². The van der Waals surface area contributed by atoms with Crippen molar-refractivity contribution in [1.29, 1.82) is 0 Å². The molecule has 3 rings (SSSR count). The first kappa shape index (κ1) is 26.2. The second-order valence-corrected chi connectivity index (χ2v) is 8.77. The molecule has 3 aliphatic heterocycles. The van der Waals surface area contributed by atoms with Gasteiger partial charge in [-0.15, -0.1) is 0 Å². The van der Waals surface area contributed by atoms with E-state index in [9.17, 15) is 5.11 Å². The third-order valence-corrected chi connectivity index (χ3v) is 6.68. The Morgan fingerprint density at radius 3 is 1.44 bits per heavy atom. The van der Waals surface area contributed by atoms with Crippen LogP contribution < -0.4 is 0 Å². The average Bonchev–Trinajstić information content (AvgIpc) is 2.78. The molecule has 188 valence electrons. The standard InChI is InChI=1S/C22H40O10/c1-11-20(23)14(24-4)8-18(28-11)31-22-13(3)30-19(10-16(22)26-6)32-21-12(2)29-17(27-7)9-15(21)25-5/h11-23H,8-10H2,1-7H3/t11-,12-,13-,14-,15+,16+,17+,18+,19+,20-,21-,22-/m1/s1. The second-order valence-electron chi connectivity index (χ2n) is 8.77. The lowest BCUT2D eigenvalue weighted by Crippen LogP contribution is -2.56. The number of aliphatic hydroxyl groups is 1. The van der Waals surface area contributed by atoms with Gasteiger partial charge in [0, 0.05) is 47.7 Å². The third-order valence-electron chi connectivity index (χ3n) is 6.68. The van der Waals surface area contributed by atoms with E-state index in [1.54, 1.807) is 35.4 Å². The molecule has 0 aromatic carbocycles. The van der Waals surface area contributed by atoms with E-state index in [4.69, 9.17) is 42.6 Å². The van der Waals surface area contributed by atoms with Crippen LogP contribution >= 0.6 is 0 Å². The van der Waals surface area contributed by atoms with Crippen LogP contribution in [-0.4, -0.2) is 107 Å². The van der Waals surface area contributed by atoms with Gasteiger partial charge in [0.05, 0.1) is 36.6 Å². The first-order valence-electron chi connectivity index (χ1n) is 11.4. The summed E-state index contributed by atoms with van der Waals surface area (Å²) < 4.78 is 52.6. The minimum absolute atomic E-state index is 0.174. The number of aliphatic hydroxyl groups excluding tert-OH is 1. The summed E-state index contributed by atoms with van der Waals surface area (Å²) in [5, 5.41) is 10.2. The lowest BCUT2D eigenvalue weighted by Gasteiger charge is -2.45. The van der Waals surface area contributed by atoms with Crippen molar-refractivity contribution in [2.75, 3.05) is 28.4 Å². The molecule has 0 radical (unpaired) electrons. The highest BCUT2D eigenvalue weighted by Crippen LogP contribution is 2.33. The summed E-state index contributed by atoms with van der Waals surface area (Å²) in [4.78, 5) is 0. The second kappa shape index (κ2) is 11.8. The highest BCUT2D eigenvalue weighted by atomic mass is 16.7. The molecule has 0 saturated carbocycles. The molecular weight excluding hydrogens is 424 g/mol. The van der Waals surface area contributed by atoms with Gasteiger partial charge in [-0.05, 0) is 20.8 Å². The summed E-state index contributed by atoms with van der Waals surface area (Å²) in [5.41, 5.74) is 0. The smallest absolute Gasteiger partial charge is 0.161 e. The van der Waals surface area contributed by atoms with Crippen molar-refractivity contribution < 1.29 is 47.7 Å². The van der Waals surface area contributed by atoms with E-state index in [0.717, 1.165) is 0 Å². The fourth-order valence-electron chi connectivity index (χ4n) is 4.77. The van der Waals surface area contributed by atoms with Crippen molar-refractivity contribution in [3.63, 3.8) is 0 Å². The molecule has 32 heavy (non-hydrogen) atoms. The molecule has 1 N–H and O–H groups in total. The highest BCUT2D eigenvalue weighted by molar-refractivity contribution is 4.89. The molecule has 10 heteroatoms. The van der Waals surface area contributed by atoms with Crippen molar-refractivity contribution in [3.8, 4) is 0 Å². The van der Waals surface area contributed by atoms with Crippen molar-refractivity contribution >= 4 is 0 Å². The quantitative estimate of drug-likeness (QED) is 0.564. The summed E-state index contributed by atoms with van der Waals surface area (Å²) in [6, 6.07) is 0. The van der Waals surface area contributed by atoms with Gasteiger partial charge in [0.25, 0.3) is 0 Å². The van der Waals surface area contributed by atoms with Crippen LogP contribution in [0.15, 0.2) is 0 Å². The van der Waals surface area contributed by atoms with E-state index >= 15 is 0 Å². The minimum atomic E-state index is -0.693. The monoisotopic (exact) mass is 464 g/mol. The molecule has 12 atom stereocenters. The van der Waals surface area contributed by atoms with E-state index in [1.165, 1.54) is 0 Å². The number of rotatable bonds is 8. The van der Waals surface area contributed by atoms with Crippen LogP contribution in [0.2, 0.25) is 0 Å². The van der Waals surface area contributed by atoms with Crippen molar-refractivity contribution in [2.45, 2.75) is 114 Å². The van der Waals surface area contributed by atoms with Crippen molar-refractivity contribution in [2.24, 2.45) is 0 Å². The molecule has 0 bridgehead atoms. The molecule has 3 heterocycles. The maximum absolute atomic E-state index is 10.2. The molecule has 10 nitrogen and oxygen atoms in total. The molecule has 3 fully saturated rings. The van der Waals surface area contributed by atoms with Gasteiger partial charge in [-0.3, -0.25) is 0 Å². The number of ether oxygens (including phenoxy) is 9. The van der Waals surface area contributed by atoms with Gasteiger partial charge in [-0.25, -0.2) is 0 Å². The Kier molecular flexibility index (Phi) is 9.69. The maximum Gasteiger partial charge on any atom is 0.161 e. The van der Waals surface area contributed by atoms with E-state index < -0.39 is 24.8 Å². The zero-order valence-electron chi connectivity index (χ0n) is 20.2. The number of hydrogen-bond donors (Lipinski definition) is 1. The number of hydrogen-bond acceptors (Lipinski definition) is 10. The molecule has 0 amide bonds. The Balaban J connectivity index is 1.60. The van der Waals surface area contributed by atoms with Crippen LogP contribution in [0.4, 0.5) is 0 Å². The van der Waals surface area contributed by atoms with E-state index in [2.05, 4.69) is 0 Å². The fraction of sp³-hybridized carbons (Fsp3) is 1.00. The summed E-state index contributed by atoms with van der Waals surface area (Å²) in [5.74, 6) is 0. The first-order chi connectivity index (χ1) is 15.3. The van der Waals surface area contributed by atoms with E-state index in [-0.39, 0.29) is 49.0 Å². The van der Waals surface area contributed by atoms with E-state index in [1.807, 2.05) is 13.8 Å². The van der Waals surface area contributed by atoms with Gasteiger partial charge in [-0.1, -0.05) is 0 Å². The van der Waals surface area contributed by atoms with Crippen LogP contribution in [-0.2, 0) is 42.6 Å². The molecule has 3 aliphatic rings. The van der Waals surface area contributed by atoms with Crippen LogP contribution in [0.1, 0.15) is 40.0 Å². The largest absolute Gasteiger partial charge is 0.388 e. The van der Waals surface area contributed by atoms with Crippen molar-refractivity contribution in [3.05, 3.63) is 0 Å². The van der Waals surface area contributed by atoms with Gasteiger partial charge < -0.3 is 47.7 Å². The van der Waals surface area contributed by atoms with Gasteiger partial charge in [0.1, 0.15) is 18.3 Å². The minimum Gasteiger partial charge on any atom is -0.388 e. The normalized spacial score (nSPS) is 48.0. The lowest BCUT2D eigenvalue weighted by atomic mass is 9.99. The van der Waals surface area contributed by atoms with Crippen molar-refractivity contribution in [1.82, 2.24) is 0 Å². The zero-order chi connectivity index (χ0) is 23.4. The summed E-state index contributed by atoms with van der Waals surface area (Å²) >= 11 is 0. The topological polar surface area (TPSA) is 103 Å². The Hall–Kier alpha value is -0.400. The van der Waals surface area contributed by atoms with E-state index in [0.29, 0.717) is 19.3 Å². The Morgan fingerprint density at radius 2 is 0.969 bits per heavy atom. The zero-order valence-corrected chi connectivity index (χ0v) is 20.2. The Bertz CT molecular complexity index is 565. The summed E-state index contributed by atoms with van der Waals surface area (Å²) in [6.07, 6.45) is -2.93. The molecule has 0 aromatic heterocycles. The third kappa shape index (κ3) is 5.99. The van der Waals surface area contributed by atoms with Gasteiger partial charge in [-0.2, -0.15) is 0 Å². The first-order valence-corrected chi connectivity index (χ1v) is 11.4. The van der Waals surface area contributed by atoms with Crippen LogP contribution in [0.5, 0.6) is 0 Å². The van der Waals surface area contributed by atoms with Gasteiger partial charge in [0.15, 0.2) is 18.9 Å².